The predicted octanol–water partition coefficient (Wildman–Crippen LogP) is 2.24. The van der Waals surface area contributed by atoms with Crippen molar-refractivity contribution < 1.29 is 9.18 Å². The zero-order chi connectivity index (χ0) is 16.1. The van der Waals surface area contributed by atoms with Crippen LogP contribution in [0.3, 0.4) is 0 Å². The summed E-state index contributed by atoms with van der Waals surface area (Å²) in [5, 5.41) is 2.65. The van der Waals surface area contributed by atoms with Gasteiger partial charge in [0.1, 0.15) is 5.82 Å². The van der Waals surface area contributed by atoms with Gasteiger partial charge < -0.3 is 15.1 Å². The van der Waals surface area contributed by atoms with Crippen LogP contribution in [-0.2, 0) is 11.3 Å². The summed E-state index contributed by atoms with van der Waals surface area (Å²) >= 11 is 0. The largest absolute Gasteiger partial charge is 0.371 e. The molecule has 1 aromatic rings. The van der Waals surface area contributed by atoms with E-state index < -0.39 is 0 Å². The molecule has 1 aliphatic heterocycles. The molecule has 0 aliphatic carbocycles. The van der Waals surface area contributed by atoms with E-state index in [0.29, 0.717) is 13.1 Å². The van der Waals surface area contributed by atoms with E-state index in [9.17, 15) is 9.18 Å². The summed E-state index contributed by atoms with van der Waals surface area (Å²) in [6.07, 6.45) is 2.33. The molecule has 0 saturated carbocycles. The number of hydrogen-bond acceptors (Lipinski definition) is 3. The molecule has 1 heterocycles. The molecular weight excluding hydrogens is 281 g/mol. The number of nitrogens with one attached hydrogen (secondary N) is 1. The molecule has 5 heteroatoms. The van der Waals surface area contributed by atoms with Gasteiger partial charge in [-0.25, -0.2) is 4.39 Å². The van der Waals surface area contributed by atoms with Gasteiger partial charge >= 0.3 is 0 Å². The SMILES string of the molecule is CNC(=O)C(C)CN(C)Cc1c(F)cccc1N1CCCC1. The minimum Gasteiger partial charge on any atom is -0.371 e. The van der Waals surface area contributed by atoms with Gasteiger partial charge in [-0.05, 0) is 32.0 Å². The Kier molecular flexibility index (Phi) is 5.77. The summed E-state index contributed by atoms with van der Waals surface area (Å²) in [6.45, 7) is 5.00. The number of halogens is 1. The molecule has 0 spiro atoms. The van der Waals surface area contributed by atoms with Gasteiger partial charge in [0.15, 0.2) is 0 Å². The zero-order valence-electron chi connectivity index (χ0n) is 13.7. The summed E-state index contributed by atoms with van der Waals surface area (Å²) in [5.74, 6) is -0.263. The molecule has 1 aliphatic rings. The number of carbonyl (C=O) groups is 1. The molecule has 0 bridgehead atoms. The Morgan fingerprint density at radius 3 is 2.73 bits per heavy atom. The lowest BCUT2D eigenvalue weighted by Gasteiger charge is -2.26. The van der Waals surface area contributed by atoms with Gasteiger partial charge in [-0.3, -0.25) is 4.79 Å². The van der Waals surface area contributed by atoms with Crippen LogP contribution in [0.1, 0.15) is 25.3 Å². The first kappa shape index (κ1) is 16.7. The Labute approximate surface area is 132 Å². The first-order valence-corrected chi connectivity index (χ1v) is 7.95. The van der Waals surface area contributed by atoms with Gasteiger partial charge in [-0.15, -0.1) is 0 Å². The van der Waals surface area contributed by atoms with Gasteiger partial charge in [0, 0.05) is 50.4 Å². The number of anilines is 1. The average Bonchev–Trinajstić information content (AvgIpc) is 3.02. The monoisotopic (exact) mass is 307 g/mol. The number of amides is 1. The third-order valence-corrected chi connectivity index (χ3v) is 4.25. The fraction of sp³-hybridized carbons (Fsp3) is 0.588. The second-order valence-corrected chi connectivity index (χ2v) is 6.14. The van der Waals surface area contributed by atoms with Crippen molar-refractivity contribution in [2.45, 2.75) is 26.3 Å². The van der Waals surface area contributed by atoms with Gasteiger partial charge in [-0.2, -0.15) is 0 Å². The number of hydrogen-bond donors (Lipinski definition) is 1. The van der Waals surface area contributed by atoms with Gasteiger partial charge in [0.25, 0.3) is 0 Å². The maximum atomic E-state index is 14.3. The maximum absolute atomic E-state index is 14.3. The van der Waals surface area contributed by atoms with Crippen molar-refractivity contribution in [3.63, 3.8) is 0 Å². The molecule has 1 unspecified atom stereocenters. The van der Waals surface area contributed by atoms with Crippen molar-refractivity contribution in [1.29, 1.82) is 0 Å². The van der Waals surface area contributed by atoms with Crippen LogP contribution in [-0.4, -0.2) is 44.5 Å². The lowest BCUT2D eigenvalue weighted by molar-refractivity contribution is -0.124. The highest BCUT2D eigenvalue weighted by atomic mass is 19.1. The molecule has 1 amide bonds. The highest BCUT2D eigenvalue weighted by Crippen LogP contribution is 2.27. The molecule has 22 heavy (non-hydrogen) atoms. The summed E-state index contributed by atoms with van der Waals surface area (Å²) in [5.41, 5.74) is 1.73. The molecule has 1 N–H and O–H groups in total. The second-order valence-electron chi connectivity index (χ2n) is 6.14. The smallest absolute Gasteiger partial charge is 0.223 e. The van der Waals surface area contributed by atoms with Crippen LogP contribution in [0.5, 0.6) is 0 Å². The highest BCUT2D eigenvalue weighted by Gasteiger charge is 2.20. The van der Waals surface area contributed by atoms with Crippen LogP contribution < -0.4 is 10.2 Å². The van der Waals surface area contributed by atoms with Crippen LogP contribution >= 0.6 is 0 Å². The van der Waals surface area contributed by atoms with Crippen LogP contribution in [0.25, 0.3) is 0 Å². The van der Waals surface area contributed by atoms with E-state index in [4.69, 9.17) is 0 Å². The zero-order valence-corrected chi connectivity index (χ0v) is 13.7. The van der Waals surface area contributed by atoms with Crippen LogP contribution in [0.2, 0.25) is 0 Å². The first-order valence-electron chi connectivity index (χ1n) is 7.95. The summed E-state index contributed by atoms with van der Waals surface area (Å²) in [6, 6.07) is 5.30. The van der Waals surface area contributed by atoms with Crippen LogP contribution in [0.4, 0.5) is 10.1 Å². The third kappa shape index (κ3) is 3.97. The first-order chi connectivity index (χ1) is 10.5. The number of benzene rings is 1. The quantitative estimate of drug-likeness (QED) is 0.875. The van der Waals surface area contributed by atoms with E-state index in [2.05, 4.69) is 10.2 Å². The summed E-state index contributed by atoms with van der Waals surface area (Å²) in [4.78, 5) is 15.9. The van der Waals surface area contributed by atoms with Crippen molar-refractivity contribution in [1.82, 2.24) is 10.2 Å². The minimum absolute atomic E-state index is 0.0140. The molecule has 4 nitrogen and oxygen atoms in total. The molecule has 0 radical (unpaired) electrons. The van der Waals surface area contributed by atoms with Gasteiger partial charge in [0.05, 0.1) is 0 Å². The van der Waals surface area contributed by atoms with Gasteiger partial charge in [0.2, 0.25) is 5.91 Å². The summed E-state index contributed by atoms with van der Waals surface area (Å²) < 4.78 is 14.3. The fourth-order valence-corrected chi connectivity index (χ4v) is 3.09. The van der Waals surface area contributed by atoms with E-state index in [1.807, 2.05) is 24.9 Å². The lowest BCUT2D eigenvalue weighted by atomic mass is 10.1. The average molecular weight is 307 g/mol. The van der Waals surface area contributed by atoms with Gasteiger partial charge in [-0.1, -0.05) is 13.0 Å². The molecular formula is C17H26FN3O. The normalized spacial score (nSPS) is 16.1. The van der Waals surface area contributed by atoms with Crippen molar-refractivity contribution in [3.05, 3.63) is 29.6 Å². The van der Waals surface area contributed by atoms with Crippen LogP contribution in [0.15, 0.2) is 18.2 Å². The van der Waals surface area contributed by atoms with E-state index in [0.717, 1.165) is 24.3 Å². The maximum Gasteiger partial charge on any atom is 0.223 e. The van der Waals surface area contributed by atoms with E-state index in [-0.39, 0.29) is 17.6 Å². The number of rotatable bonds is 6. The molecule has 1 aromatic carbocycles. The number of carbonyl (C=O) groups excluding carboxylic acids is 1. The van der Waals surface area contributed by atoms with Crippen molar-refractivity contribution in [3.8, 4) is 0 Å². The standard InChI is InChI=1S/C17H26FN3O/c1-13(17(22)19-2)11-20(3)12-14-15(18)7-6-8-16(14)21-9-4-5-10-21/h6-8,13H,4-5,9-12H2,1-3H3,(H,19,22). The highest BCUT2D eigenvalue weighted by molar-refractivity contribution is 5.78. The molecule has 1 atom stereocenters. The topological polar surface area (TPSA) is 35.6 Å². The Morgan fingerprint density at radius 2 is 2.09 bits per heavy atom. The fourth-order valence-electron chi connectivity index (χ4n) is 3.09. The molecule has 1 fully saturated rings. The Morgan fingerprint density at radius 1 is 1.41 bits per heavy atom. The minimum atomic E-state index is -0.163. The molecule has 0 aromatic heterocycles. The van der Waals surface area contributed by atoms with Crippen LogP contribution in [0, 0.1) is 11.7 Å². The lowest BCUT2D eigenvalue weighted by Crippen LogP contribution is -2.34. The molecule has 122 valence electrons. The third-order valence-electron chi connectivity index (χ3n) is 4.25. The summed E-state index contributed by atoms with van der Waals surface area (Å²) in [7, 11) is 3.57. The van der Waals surface area contributed by atoms with E-state index in [1.165, 1.54) is 18.9 Å². The molecule has 1 saturated heterocycles. The number of nitrogens with zero attached hydrogens (tertiary/aromatic N) is 2. The van der Waals surface area contributed by atoms with E-state index >= 15 is 0 Å². The Hall–Kier alpha value is -1.62. The predicted molar refractivity (Wildman–Crippen MR) is 87.4 cm³/mol. The van der Waals surface area contributed by atoms with Crippen molar-refractivity contribution >= 4 is 11.6 Å². The molecule has 2 rings (SSSR count). The van der Waals surface area contributed by atoms with Crippen molar-refractivity contribution in [2.24, 2.45) is 5.92 Å². The Bertz CT molecular complexity index is 515. The van der Waals surface area contributed by atoms with E-state index in [1.54, 1.807) is 13.1 Å². The van der Waals surface area contributed by atoms with Crippen molar-refractivity contribution in [2.75, 3.05) is 38.6 Å². The second kappa shape index (κ2) is 7.58. The Balaban J connectivity index is 2.09.